The molecule has 0 bridgehead atoms. The third-order valence-corrected chi connectivity index (χ3v) is 2.24. The number of carbonyl (C=O) groups is 1. The number of benzene rings is 1. The number of Topliss-reactive ketones (excluding diaryl/α,β-unsaturated/α-hetero) is 1. The highest BCUT2D eigenvalue weighted by atomic mass is 16.1. The van der Waals surface area contributed by atoms with Crippen LogP contribution in [0.25, 0.3) is 0 Å². The Morgan fingerprint density at radius 2 is 1.86 bits per heavy atom. The summed E-state index contributed by atoms with van der Waals surface area (Å²) in [7, 11) is 0. The number of rotatable bonds is 2. The Bertz CT molecular complexity index is 336. The number of anilines is 1. The molecule has 1 aromatic carbocycles. The fraction of sp³-hybridized carbons (Fsp3) is 0.417. The molecule has 14 heavy (non-hydrogen) atoms. The molecule has 1 rings (SSSR count). The van der Waals surface area contributed by atoms with Crippen LogP contribution in [0.1, 0.15) is 26.3 Å². The highest BCUT2D eigenvalue weighted by Crippen LogP contribution is 2.20. The van der Waals surface area contributed by atoms with Crippen molar-refractivity contribution in [1.82, 2.24) is 0 Å². The van der Waals surface area contributed by atoms with Crippen molar-refractivity contribution in [1.29, 1.82) is 0 Å². The molecule has 0 aliphatic carbocycles. The molecule has 2 heteroatoms. The molecule has 0 aliphatic rings. The lowest BCUT2D eigenvalue weighted by Gasteiger charge is -2.16. The van der Waals surface area contributed by atoms with Gasteiger partial charge in [0.25, 0.3) is 0 Å². The minimum Gasteiger partial charge on any atom is -0.398 e. The summed E-state index contributed by atoms with van der Waals surface area (Å²) in [6.45, 7) is 5.78. The Kier molecular flexibility index (Phi) is 2.94. The summed E-state index contributed by atoms with van der Waals surface area (Å²) < 4.78 is 0. The van der Waals surface area contributed by atoms with Crippen LogP contribution in [0.3, 0.4) is 0 Å². The fourth-order valence-electron chi connectivity index (χ4n) is 1.13. The molecule has 0 fully saturated rings. The maximum Gasteiger partial charge on any atom is 0.142 e. The van der Waals surface area contributed by atoms with Gasteiger partial charge in [0, 0.05) is 17.5 Å². The van der Waals surface area contributed by atoms with E-state index in [1.165, 1.54) is 0 Å². The van der Waals surface area contributed by atoms with E-state index < -0.39 is 0 Å². The van der Waals surface area contributed by atoms with Gasteiger partial charge in [-0.25, -0.2) is 0 Å². The first-order chi connectivity index (χ1) is 6.41. The Labute approximate surface area is 85.1 Å². The highest BCUT2D eigenvalue weighted by Gasteiger charge is 2.21. The van der Waals surface area contributed by atoms with Crippen molar-refractivity contribution in [3.8, 4) is 0 Å². The van der Waals surface area contributed by atoms with Gasteiger partial charge in [0.1, 0.15) is 5.78 Å². The summed E-state index contributed by atoms with van der Waals surface area (Å²) in [5.74, 6) is 0.218. The zero-order chi connectivity index (χ0) is 10.8. The Balaban J connectivity index is 2.80. The van der Waals surface area contributed by atoms with Gasteiger partial charge in [0.2, 0.25) is 0 Å². The van der Waals surface area contributed by atoms with Crippen LogP contribution in [0.15, 0.2) is 24.3 Å². The molecule has 1 aromatic rings. The van der Waals surface area contributed by atoms with Crippen molar-refractivity contribution in [2.45, 2.75) is 27.2 Å². The van der Waals surface area contributed by atoms with Crippen molar-refractivity contribution in [3.63, 3.8) is 0 Å². The van der Waals surface area contributed by atoms with Crippen LogP contribution in [0.2, 0.25) is 0 Å². The average Bonchev–Trinajstić information content (AvgIpc) is 2.07. The molecule has 0 heterocycles. The molecule has 76 valence electrons. The van der Waals surface area contributed by atoms with Crippen molar-refractivity contribution in [2.24, 2.45) is 5.41 Å². The summed E-state index contributed by atoms with van der Waals surface area (Å²) >= 11 is 0. The number of nitrogen functional groups attached to an aromatic ring is 1. The minimum absolute atomic E-state index is 0.218. The molecule has 0 radical (unpaired) electrons. The smallest absolute Gasteiger partial charge is 0.142 e. The minimum atomic E-state index is -0.289. The third kappa shape index (κ3) is 2.59. The van der Waals surface area contributed by atoms with Crippen LogP contribution in [-0.4, -0.2) is 5.78 Å². The summed E-state index contributed by atoms with van der Waals surface area (Å²) in [6.07, 6.45) is 0.427. The first-order valence-electron chi connectivity index (χ1n) is 4.78. The second-order valence-electron chi connectivity index (χ2n) is 4.55. The highest BCUT2D eigenvalue weighted by molar-refractivity contribution is 5.86. The van der Waals surface area contributed by atoms with Crippen molar-refractivity contribution < 1.29 is 4.79 Å². The van der Waals surface area contributed by atoms with E-state index >= 15 is 0 Å². The molecule has 0 unspecified atom stereocenters. The quantitative estimate of drug-likeness (QED) is 0.729. The van der Waals surface area contributed by atoms with E-state index in [1.54, 1.807) is 0 Å². The molecule has 0 aliphatic heterocycles. The standard InChI is InChI=1S/C12H17NO/c1-12(2,3)11(14)8-9-6-4-5-7-10(9)13/h4-7H,8,13H2,1-3H3. The van der Waals surface area contributed by atoms with E-state index in [4.69, 9.17) is 5.73 Å². The van der Waals surface area contributed by atoms with Crippen molar-refractivity contribution in [2.75, 3.05) is 5.73 Å². The van der Waals surface area contributed by atoms with Crippen LogP contribution in [-0.2, 0) is 11.2 Å². The van der Waals surface area contributed by atoms with Crippen molar-refractivity contribution in [3.05, 3.63) is 29.8 Å². The molecule has 0 amide bonds. The predicted octanol–water partition coefficient (Wildman–Crippen LogP) is 2.43. The van der Waals surface area contributed by atoms with Gasteiger partial charge in [-0.15, -0.1) is 0 Å². The van der Waals surface area contributed by atoms with Crippen molar-refractivity contribution >= 4 is 11.5 Å². The van der Waals surface area contributed by atoms with Gasteiger partial charge in [0.15, 0.2) is 0 Å². The van der Waals surface area contributed by atoms with Crippen LogP contribution < -0.4 is 5.73 Å². The van der Waals surface area contributed by atoms with Gasteiger partial charge >= 0.3 is 0 Å². The Morgan fingerprint density at radius 3 is 2.36 bits per heavy atom. The zero-order valence-corrected chi connectivity index (χ0v) is 9.00. The number of hydrogen-bond donors (Lipinski definition) is 1. The Morgan fingerprint density at radius 1 is 1.29 bits per heavy atom. The number of ketones is 1. The lowest BCUT2D eigenvalue weighted by atomic mass is 9.87. The number of nitrogens with two attached hydrogens (primary N) is 1. The van der Waals surface area contributed by atoms with Crippen LogP contribution in [0, 0.1) is 5.41 Å². The SMILES string of the molecule is CC(C)(C)C(=O)Cc1ccccc1N. The third-order valence-electron chi connectivity index (χ3n) is 2.24. The second-order valence-corrected chi connectivity index (χ2v) is 4.55. The molecule has 0 saturated carbocycles. The largest absolute Gasteiger partial charge is 0.398 e. The maximum atomic E-state index is 11.7. The molecule has 0 saturated heterocycles. The first-order valence-corrected chi connectivity index (χ1v) is 4.78. The van der Waals surface area contributed by atoms with Gasteiger partial charge in [-0.05, 0) is 11.6 Å². The molecule has 2 nitrogen and oxygen atoms in total. The van der Waals surface area contributed by atoms with E-state index in [1.807, 2.05) is 45.0 Å². The molecule has 0 atom stereocenters. The van der Waals surface area contributed by atoms with Crippen LogP contribution in [0.5, 0.6) is 0 Å². The summed E-state index contributed by atoms with van der Waals surface area (Å²) in [5.41, 5.74) is 7.09. The molecular formula is C12H17NO. The van der Waals surface area contributed by atoms with Gasteiger partial charge in [0.05, 0.1) is 0 Å². The normalized spacial score (nSPS) is 11.4. The van der Waals surface area contributed by atoms with Gasteiger partial charge in [-0.3, -0.25) is 4.79 Å². The molecular weight excluding hydrogens is 174 g/mol. The number of carbonyl (C=O) groups excluding carboxylic acids is 1. The van der Waals surface area contributed by atoms with Gasteiger partial charge in [-0.1, -0.05) is 39.0 Å². The van der Waals surface area contributed by atoms with E-state index in [0.717, 1.165) is 5.56 Å². The number of hydrogen-bond acceptors (Lipinski definition) is 2. The Hall–Kier alpha value is -1.31. The topological polar surface area (TPSA) is 43.1 Å². The average molecular weight is 191 g/mol. The summed E-state index contributed by atoms with van der Waals surface area (Å²) in [5, 5.41) is 0. The maximum absolute atomic E-state index is 11.7. The van der Waals surface area contributed by atoms with E-state index in [-0.39, 0.29) is 11.2 Å². The van der Waals surface area contributed by atoms with E-state index in [0.29, 0.717) is 12.1 Å². The second kappa shape index (κ2) is 3.82. The fourth-order valence-corrected chi connectivity index (χ4v) is 1.13. The van der Waals surface area contributed by atoms with E-state index in [2.05, 4.69) is 0 Å². The van der Waals surface area contributed by atoms with Gasteiger partial charge < -0.3 is 5.73 Å². The summed E-state index contributed by atoms with van der Waals surface area (Å²) in [4.78, 5) is 11.7. The lowest BCUT2D eigenvalue weighted by molar-refractivity contribution is -0.125. The van der Waals surface area contributed by atoms with Crippen LogP contribution >= 0.6 is 0 Å². The van der Waals surface area contributed by atoms with Gasteiger partial charge in [-0.2, -0.15) is 0 Å². The number of para-hydroxylation sites is 1. The molecule has 0 spiro atoms. The lowest BCUT2D eigenvalue weighted by Crippen LogP contribution is -2.22. The first kappa shape index (κ1) is 10.8. The van der Waals surface area contributed by atoms with Crippen LogP contribution in [0.4, 0.5) is 5.69 Å². The van der Waals surface area contributed by atoms with E-state index in [9.17, 15) is 4.79 Å². The molecule has 2 N–H and O–H groups in total. The zero-order valence-electron chi connectivity index (χ0n) is 9.00. The predicted molar refractivity (Wildman–Crippen MR) is 59.0 cm³/mol. The molecule has 0 aromatic heterocycles. The monoisotopic (exact) mass is 191 g/mol. The summed E-state index contributed by atoms with van der Waals surface area (Å²) in [6, 6.07) is 7.51.